The minimum atomic E-state index is -3.97. The van der Waals surface area contributed by atoms with Crippen molar-refractivity contribution in [1.29, 1.82) is 0 Å². The second-order valence-corrected chi connectivity index (χ2v) is 7.52. The topological polar surface area (TPSA) is 75.6 Å². The van der Waals surface area contributed by atoms with E-state index < -0.39 is 10.0 Å². The molecule has 0 radical (unpaired) electrons. The van der Waals surface area contributed by atoms with E-state index in [1.807, 2.05) is 0 Å². The molecule has 0 aliphatic carbocycles. The van der Waals surface area contributed by atoms with Crippen molar-refractivity contribution in [2.45, 2.75) is 11.8 Å². The van der Waals surface area contributed by atoms with Crippen LogP contribution in [0.4, 0.5) is 5.69 Å². The summed E-state index contributed by atoms with van der Waals surface area (Å²) in [6.45, 7) is 1.66. The van der Waals surface area contributed by atoms with E-state index in [1.165, 1.54) is 31.4 Å². The summed E-state index contributed by atoms with van der Waals surface area (Å²) in [4.78, 5) is -0.112. The average molecular weight is 407 g/mol. The lowest BCUT2D eigenvalue weighted by Gasteiger charge is -2.14. The molecule has 0 heterocycles. The molecule has 0 atom stereocenters. The van der Waals surface area contributed by atoms with Crippen molar-refractivity contribution >= 4 is 43.2 Å². The van der Waals surface area contributed by atoms with Crippen LogP contribution in [0.1, 0.15) is 5.56 Å². The highest BCUT2D eigenvalue weighted by molar-refractivity contribution is 9.10. The molecule has 0 saturated heterocycles. The SMILES string of the molecule is COc1ccc(Cl)cc1S(=O)(=O)Nc1cc(Br)cc(C)c1O. The van der Waals surface area contributed by atoms with Gasteiger partial charge in [-0.2, -0.15) is 0 Å². The van der Waals surface area contributed by atoms with Gasteiger partial charge >= 0.3 is 0 Å². The summed E-state index contributed by atoms with van der Waals surface area (Å²) >= 11 is 9.12. The number of benzene rings is 2. The summed E-state index contributed by atoms with van der Waals surface area (Å²) < 4.78 is 33.1. The van der Waals surface area contributed by atoms with Crippen LogP contribution in [0.5, 0.6) is 11.5 Å². The highest BCUT2D eigenvalue weighted by Crippen LogP contribution is 2.34. The van der Waals surface area contributed by atoms with Crippen LogP contribution in [-0.4, -0.2) is 20.6 Å². The first kappa shape index (κ1) is 16.9. The van der Waals surface area contributed by atoms with Crippen molar-refractivity contribution in [1.82, 2.24) is 0 Å². The number of aryl methyl sites for hydroxylation is 1. The van der Waals surface area contributed by atoms with Crippen LogP contribution >= 0.6 is 27.5 Å². The maximum Gasteiger partial charge on any atom is 0.265 e. The molecule has 2 N–H and O–H groups in total. The maximum atomic E-state index is 12.5. The van der Waals surface area contributed by atoms with Gasteiger partial charge in [0.2, 0.25) is 0 Å². The van der Waals surface area contributed by atoms with Crippen LogP contribution in [0.15, 0.2) is 39.7 Å². The second-order valence-electron chi connectivity index (χ2n) is 4.52. The Balaban J connectivity index is 2.51. The monoisotopic (exact) mass is 405 g/mol. The van der Waals surface area contributed by atoms with Crippen LogP contribution in [-0.2, 0) is 10.0 Å². The summed E-state index contributed by atoms with van der Waals surface area (Å²) in [7, 11) is -2.61. The van der Waals surface area contributed by atoms with E-state index in [9.17, 15) is 13.5 Å². The van der Waals surface area contributed by atoms with Gasteiger partial charge < -0.3 is 9.84 Å². The predicted octanol–water partition coefficient (Wildman–Crippen LogP) is 3.93. The van der Waals surface area contributed by atoms with E-state index in [0.717, 1.165) is 0 Å². The molecular formula is C14H13BrClNO4S. The van der Waals surface area contributed by atoms with E-state index in [-0.39, 0.29) is 27.1 Å². The molecule has 118 valence electrons. The van der Waals surface area contributed by atoms with Gasteiger partial charge in [-0.3, -0.25) is 4.72 Å². The largest absolute Gasteiger partial charge is 0.505 e. The molecule has 0 aliphatic heterocycles. The van der Waals surface area contributed by atoms with Crippen LogP contribution in [0, 0.1) is 6.92 Å². The number of anilines is 1. The van der Waals surface area contributed by atoms with Crippen molar-refractivity contribution in [3.8, 4) is 11.5 Å². The molecule has 0 saturated carbocycles. The van der Waals surface area contributed by atoms with Crippen LogP contribution < -0.4 is 9.46 Å². The molecule has 0 aliphatic rings. The number of phenolic OH excluding ortho intramolecular Hbond substituents is 1. The van der Waals surface area contributed by atoms with Gasteiger partial charge in [0.1, 0.15) is 16.4 Å². The number of phenols is 1. The van der Waals surface area contributed by atoms with E-state index in [0.29, 0.717) is 10.0 Å². The molecule has 0 bridgehead atoms. The lowest BCUT2D eigenvalue weighted by molar-refractivity contribution is 0.403. The van der Waals surface area contributed by atoms with Gasteiger partial charge in [0, 0.05) is 9.50 Å². The molecule has 8 heteroatoms. The normalized spacial score (nSPS) is 11.3. The number of halogens is 2. The number of ether oxygens (including phenoxy) is 1. The van der Waals surface area contributed by atoms with Crippen molar-refractivity contribution < 1.29 is 18.3 Å². The molecule has 0 aromatic heterocycles. The minimum Gasteiger partial charge on any atom is -0.505 e. The number of rotatable bonds is 4. The summed E-state index contributed by atoms with van der Waals surface area (Å²) in [5, 5.41) is 10.3. The molecule has 22 heavy (non-hydrogen) atoms. The van der Waals surface area contributed by atoms with Gasteiger partial charge in [0.05, 0.1) is 12.8 Å². The first-order valence-corrected chi connectivity index (χ1v) is 8.75. The van der Waals surface area contributed by atoms with Crippen LogP contribution in [0.25, 0.3) is 0 Å². The number of sulfonamides is 1. The van der Waals surface area contributed by atoms with E-state index in [1.54, 1.807) is 13.0 Å². The van der Waals surface area contributed by atoms with Gasteiger partial charge in [-0.05, 0) is 42.8 Å². The highest BCUT2D eigenvalue weighted by Gasteiger charge is 2.22. The minimum absolute atomic E-state index is 0.0638. The van der Waals surface area contributed by atoms with E-state index >= 15 is 0 Å². The summed E-state index contributed by atoms with van der Waals surface area (Å²) in [6, 6.07) is 7.41. The highest BCUT2D eigenvalue weighted by atomic mass is 79.9. The van der Waals surface area contributed by atoms with Gasteiger partial charge in [0.15, 0.2) is 0 Å². The fraction of sp³-hybridized carbons (Fsp3) is 0.143. The second kappa shape index (κ2) is 6.36. The van der Waals surface area contributed by atoms with Crippen LogP contribution in [0.2, 0.25) is 5.02 Å². The third kappa shape index (κ3) is 3.48. The average Bonchev–Trinajstić information content (AvgIpc) is 2.44. The summed E-state index contributed by atoms with van der Waals surface area (Å²) in [5.41, 5.74) is 0.596. The fourth-order valence-corrected chi connectivity index (χ4v) is 3.94. The molecule has 5 nitrogen and oxygen atoms in total. The first-order chi connectivity index (χ1) is 10.2. The van der Waals surface area contributed by atoms with Crippen molar-refractivity contribution in [2.24, 2.45) is 0 Å². The Kier molecular flexibility index (Phi) is 4.89. The lowest BCUT2D eigenvalue weighted by atomic mass is 10.2. The molecule has 2 aromatic carbocycles. The molecular weight excluding hydrogens is 394 g/mol. The molecule has 0 amide bonds. The predicted molar refractivity (Wildman–Crippen MR) is 89.4 cm³/mol. The molecule has 2 aromatic rings. The van der Waals surface area contributed by atoms with Gasteiger partial charge in [-0.25, -0.2) is 8.42 Å². The Morgan fingerprint density at radius 3 is 2.59 bits per heavy atom. The zero-order valence-electron chi connectivity index (χ0n) is 11.7. The number of aromatic hydroxyl groups is 1. The fourth-order valence-electron chi connectivity index (χ4n) is 1.87. The number of hydrogen-bond donors (Lipinski definition) is 2. The Bertz CT molecular complexity index is 824. The van der Waals surface area contributed by atoms with Gasteiger partial charge in [-0.1, -0.05) is 27.5 Å². The van der Waals surface area contributed by atoms with Gasteiger partial charge in [-0.15, -0.1) is 0 Å². The van der Waals surface area contributed by atoms with Crippen LogP contribution in [0.3, 0.4) is 0 Å². The lowest BCUT2D eigenvalue weighted by Crippen LogP contribution is -2.14. The quantitative estimate of drug-likeness (QED) is 0.755. The zero-order valence-corrected chi connectivity index (χ0v) is 14.9. The number of nitrogens with one attached hydrogen (secondary N) is 1. The Morgan fingerprint density at radius 2 is 1.95 bits per heavy atom. The maximum absolute atomic E-state index is 12.5. The standard InChI is InChI=1S/C14H13BrClNO4S/c1-8-5-9(15)6-11(14(8)18)17-22(19,20)13-7-10(16)3-4-12(13)21-2/h3-7,17-18H,1-2H3. The third-order valence-electron chi connectivity index (χ3n) is 2.92. The summed E-state index contributed by atoms with van der Waals surface area (Å²) in [5.74, 6) is 0.0101. The smallest absolute Gasteiger partial charge is 0.265 e. The molecule has 2 rings (SSSR count). The zero-order chi connectivity index (χ0) is 16.5. The Hall–Kier alpha value is -1.44. The third-order valence-corrected chi connectivity index (χ3v) is 5.00. The first-order valence-electron chi connectivity index (χ1n) is 6.10. The van der Waals surface area contributed by atoms with Crippen molar-refractivity contribution in [2.75, 3.05) is 11.8 Å². The molecule has 0 fully saturated rings. The van der Waals surface area contributed by atoms with E-state index in [4.69, 9.17) is 16.3 Å². The number of methoxy groups -OCH3 is 1. The van der Waals surface area contributed by atoms with Gasteiger partial charge in [0.25, 0.3) is 10.0 Å². The summed E-state index contributed by atoms with van der Waals surface area (Å²) in [6.07, 6.45) is 0. The Labute approximate surface area is 142 Å². The number of hydrogen-bond acceptors (Lipinski definition) is 4. The molecule has 0 spiro atoms. The van der Waals surface area contributed by atoms with Crippen molar-refractivity contribution in [3.05, 3.63) is 45.4 Å². The van der Waals surface area contributed by atoms with E-state index in [2.05, 4.69) is 20.7 Å². The molecule has 0 unspecified atom stereocenters. The Morgan fingerprint density at radius 1 is 1.27 bits per heavy atom. The van der Waals surface area contributed by atoms with Crippen molar-refractivity contribution in [3.63, 3.8) is 0 Å².